The van der Waals surface area contributed by atoms with Gasteiger partial charge in [0.2, 0.25) is 5.91 Å². The van der Waals surface area contributed by atoms with Crippen LogP contribution in [0.2, 0.25) is 0 Å². The number of rotatable bonds is 4. The summed E-state index contributed by atoms with van der Waals surface area (Å²) in [5, 5.41) is 14.2. The molecule has 0 saturated carbocycles. The van der Waals surface area contributed by atoms with E-state index in [9.17, 15) is 9.59 Å². The second-order valence-electron chi connectivity index (χ2n) is 3.66. The fourth-order valence-electron chi connectivity index (χ4n) is 1.56. The molecule has 0 aromatic carbocycles. The molecule has 2 unspecified atom stereocenters. The third kappa shape index (κ3) is 3.33. The molecule has 0 radical (unpaired) electrons. The predicted molar refractivity (Wildman–Crippen MR) is 50.9 cm³/mol. The highest BCUT2D eigenvalue weighted by molar-refractivity contribution is 5.82. The van der Waals surface area contributed by atoms with E-state index in [-0.39, 0.29) is 24.4 Å². The van der Waals surface area contributed by atoms with E-state index in [1.54, 1.807) is 6.92 Å². The Kier molecular flexibility index (Phi) is 3.88. The summed E-state index contributed by atoms with van der Waals surface area (Å²) in [5.74, 6) is -0.978. The van der Waals surface area contributed by atoms with E-state index in [2.05, 4.69) is 10.6 Å². The van der Waals surface area contributed by atoms with Crippen molar-refractivity contribution in [2.45, 2.75) is 38.3 Å². The van der Waals surface area contributed by atoms with Crippen LogP contribution in [0.15, 0.2) is 0 Å². The van der Waals surface area contributed by atoms with Crippen molar-refractivity contribution in [3.05, 3.63) is 0 Å². The van der Waals surface area contributed by atoms with Gasteiger partial charge in [-0.2, -0.15) is 0 Å². The number of carboxylic acids is 1. The monoisotopic (exact) mass is 200 g/mol. The summed E-state index contributed by atoms with van der Waals surface area (Å²) >= 11 is 0. The molecule has 0 bridgehead atoms. The number of carboxylic acid groups (broad SMARTS) is 1. The zero-order chi connectivity index (χ0) is 10.6. The van der Waals surface area contributed by atoms with Crippen LogP contribution in [-0.2, 0) is 9.59 Å². The van der Waals surface area contributed by atoms with Crippen LogP contribution < -0.4 is 10.6 Å². The van der Waals surface area contributed by atoms with Crippen LogP contribution in [0.1, 0.15) is 26.2 Å². The number of aliphatic carboxylic acids is 1. The van der Waals surface area contributed by atoms with Crippen LogP contribution in [0.4, 0.5) is 0 Å². The first-order valence-corrected chi connectivity index (χ1v) is 4.85. The minimum atomic E-state index is -0.891. The van der Waals surface area contributed by atoms with Crippen molar-refractivity contribution in [1.29, 1.82) is 0 Å². The molecule has 0 aliphatic carbocycles. The molecule has 1 amide bonds. The van der Waals surface area contributed by atoms with Gasteiger partial charge >= 0.3 is 5.97 Å². The summed E-state index contributed by atoms with van der Waals surface area (Å²) in [4.78, 5) is 21.8. The molecule has 5 heteroatoms. The molecule has 0 aromatic heterocycles. The van der Waals surface area contributed by atoms with Crippen molar-refractivity contribution in [3.63, 3.8) is 0 Å². The van der Waals surface area contributed by atoms with Gasteiger partial charge in [0, 0.05) is 6.04 Å². The molecule has 1 aliphatic rings. The molecular weight excluding hydrogens is 184 g/mol. The number of carbonyl (C=O) groups excluding carboxylic acids is 1. The van der Waals surface area contributed by atoms with Crippen LogP contribution in [-0.4, -0.2) is 35.6 Å². The lowest BCUT2D eigenvalue weighted by atomic mass is 10.2. The maximum absolute atomic E-state index is 11.5. The van der Waals surface area contributed by atoms with E-state index in [1.165, 1.54) is 0 Å². The van der Waals surface area contributed by atoms with E-state index in [0.717, 1.165) is 19.4 Å². The number of nitrogens with one attached hydrogen (secondary N) is 2. The Morgan fingerprint density at radius 2 is 2.36 bits per heavy atom. The molecule has 1 heterocycles. The predicted octanol–water partition coefficient (Wildman–Crippen LogP) is -0.282. The van der Waals surface area contributed by atoms with Crippen molar-refractivity contribution in [2.24, 2.45) is 0 Å². The van der Waals surface area contributed by atoms with Crippen LogP contribution in [0.5, 0.6) is 0 Å². The summed E-state index contributed by atoms with van der Waals surface area (Å²) in [6.45, 7) is 2.56. The van der Waals surface area contributed by atoms with E-state index < -0.39 is 5.97 Å². The van der Waals surface area contributed by atoms with Gasteiger partial charge in [-0.05, 0) is 26.3 Å². The molecule has 80 valence electrons. The standard InChI is InChI=1S/C9H16N2O3/c1-6(5-8(12)13)11-9(14)7-3-2-4-10-7/h6-7,10H,2-5H2,1H3,(H,11,14)(H,12,13). The Bertz CT molecular complexity index is 224. The quantitative estimate of drug-likeness (QED) is 0.583. The molecule has 0 spiro atoms. The Hall–Kier alpha value is -1.10. The van der Waals surface area contributed by atoms with Crippen molar-refractivity contribution in [2.75, 3.05) is 6.54 Å². The van der Waals surface area contributed by atoms with Crippen LogP contribution in [0.25, 0.3) is 0 Å². The Morgan fingerprint density at radius 3 is 2.86 bits per heavy atom. The van der Waals surface area contributed by atoms with E-state index in [4.69, 9.17) is 5.11 Å². The summed E-state index contributed by atoms with van der Waals surface area (Å²) in [6, 6.07) is -0.436. The van der Waals surface area contributed by atoms with Gasteiger partial charge in [0.1, 0.15) is 0 Å². The second-order valence-corrected chi connectivity index (χ2v) is 3.66. The third-order valence-corrected chi connectivity index (χ3v) is 2.25. The number of hydrogen-bond donors (Lipinski definition) is 3. The number of carbonyl (C=O) groups is 2. The summed E-state index contributed by atoms with van der Waals surface area (Å²) in [7, 11) is 0. The van der Waals surface area contributed by atoms with Gasteiger partial charge in [0.15, 0.2) is 0 Å². The first kappa shape index (κ1) is 11.0. The third-order valence-electron chi connectivity index (χ3n) is 2.25. The lowest BCUT2D eigenvalue weighted by Gasteiger charge is -2.15. The molecule has 3 N–H and O–H groups in total. The van der Waals surface area contributed by atoms with Gasteiger partial charge in [-0.15, -0.1) is 0 Å². The number of amides is 1. The van der Waals surface area contributed by atoms with E-state index >= 15 is 0 Å². The highest BCUT2D eigenvalue weighted by Crippen LogP contribution is 2.05. The van der Waals surface area contributed by atoms with Crippen LogP contribution in [0, 0.1) is 0 Å². The first-order valence-electron chi connectivity index (χ1n) is 4.85. The minimum Gasteiger partial charge on any atom is -0.481 e. The maximum Gasteiger partial charge on any atom is 0.305 e. The fraction of sp³-hybridized carbons (Fsp3) is 0.778. The van der Waals surface area contributed by atoms with Gasteiger partial charge in [-0.1, -0.05) is 0 Å². The highest BCUT2D eigenvalue weighted by Gasteiger charge is 2.23. The van der Waals surface area contributed by atoms with Crippen LogP contribution in [0.3, 0.4) is 0 Å². The topological polar surface area (TPSA) is 78.4 Å². The van der Waals surface area contributed by atoms with Gasteiger partial charge in [-0.25, -0.2) is 0 Å². The zero-order valence-electron chi connectivity index (χ0n) is 8.25. The minimum absolute atomic E-state index is 0.0293. The van der Waals surface area contributed by atoms with E-state index in [0.29, 0.717) is 0 Å². The molecule has 1 saturated heterocycles. The Balaban J connectivity index is 2.28. The van der Waals surface area contributed by atoms with Crippen LogP contribution >= 0.6 is 0 Å². The summed E-state index contributed by atoms with van der Waals surface area (Å²) < 4.78 is 0. The lowest BCUT2D eigenvalue weighted by Crippen LogP contribution is -2.44. The first-order chi connectivity index (χ1) is 6.59. The number of hydrogen-bond acceptors (Lipinski definition) is 3. The van der Waals surface area contributed by atoms with Gasteiger partial charge in [-0.3, -0.25) is 9.59 Å². The lowest BCUT2D eigenvalue weighted by molar-refractivity contribution is -0.137. The van der Waals surface area contributed by atoms with Crippen molar-refractivity contribution >= 4 is 11.9 Å². The molecule has 14 heavy (non-hydrogen) atoms. The Labute approximate surface area is 82.9 Å². The fourth-order valence-corrected chi connectivity index (χ4v) is 1.56. The van der Waals surface area contributed by atoms with Gasteiger partial charge in [0.25, 0.3) is 0 Å². The summed E-state index contributed by atoms with van der Waals surface area (Å²) in [6.07, 6.45) is 1.81. The molecule has 1 aliphatic heterocycles. The normalized spacial score (nSPS) is 23.1. The molecule has 5 nitrogen and oxygen atoms in total. The maximum atomic E-state index is 11.5. The van der Waals surface area contributed by atoms with Crippen molar-refractivity contribution < 1.29 is 14.7 Å². The largest absolute Gasteiger partial charge is 0.481 e. The SMILES string of the molecule is CC(CC(=O)O)NC(=O)C1CCCN1. The van der Waals surface area contributed by atoms with Crippen molar-refractivity contribution in [3.8, 4) is 0 Å². The Morgan fingerprint density at radius 1 is 1.64 bits per heavy atom. The van der Waals surface area contributed by atoms with E-state index in [1.807, 2.05) is 0 Å². The average molecular weight is 200 g/mol. The zero-order valence-corrected chi connectivity index (χ0v) is 8.25. The molecule has 1 fully saturated rings. The van der Waals surface area contributed by atoms with Crippen molar-refractivity contribution in [1.82, 2.24) is 10.6 Å². The smallest absolute Gasteiger partial charge is 0.305 e. The molecule has 2 atom stereocenters. The van der Waals surface area contributed by atoms with Gasteiger partial charge < -0.3 is 15.7 Å². The average Bonchev–Trinajstić information content (AvgIpc) is 2.53. The molecular formula is C9H16N2O3. The molecule has 0 aromatic rings. The molecule has 1 rings (SSSR count). The summed E-state index contributed by atoms with van der Waals surface area (Å²) in [5.41, 5.74) is 0. The highest BCUT2D eigenvalue weighted by atomic mass is 16.4. The van der Waals surface area contributed by atoms with Gasteiger partial charge in [0.05, 0.1) is 12.5 Å². The second kappa shape index (κ2) is 4.95.